The van der Waals surface area contributed by atoms with Gasteiger partial charge < -0.3 is 0 Å². The van der Waals surface area contributed by atoms with Crippen LogP contribution < -0.4 is 0 Å². The molecular weight excluding hydrogens is 350 g/mol. The van der Waals surface area contributed by atoms with Crippen LogP contribution in [0.2, 0.25) is 0 Å². The first-order valence-corrected chi connectivity index (χ1v) is 7.59. The lowest BCUT2D eigenvalue weighted by molar-refractivity contribution is 0.108. The quantitative estimate of drug-likeness (QED) is 0.576. The first kappa shape index (κ1) is 14.2. The molecule has 21 heavy (non-hydrogen) atoms. The summed E-state index contributed by atoms with van der Waals surface area (Å²) >= 11 is 9.19. The van der Waals surface area contributed by atoms with E-state index in [0.29, 0.717) is 5.56 Å². The highest BCUT2D eigenvalue weighted by atomic mass is 79.9. The van der Waals surface area contributed by atoms with E-state index in [2.05, 4.69) is 20.9 Å². The van der Waals surface area contributed by atoms with Gasteiger partial charge in [0.15, 0.2) is 0 Å². The Balaban J connectivity index is 2.31. The van der Waals surface area contributed by atoms with Gasteiger partial charge in [-0.2, -0.15) is 0 Å². The molecule has 104 valence electrons. The van der Waals surface area contributed by atoms with Gasteiger partial charge in [-0.3, -0.25) is 4.79 Å². The van der Waals surface area contributed by atoms with Crippen LogP contribution in [0.25, 0.3) is 22.2 Å². The summed E-state index contributed by atoms with van der Waals surface area (Å²) < 4.78 is 0.963. The first-order chi connectivity index (χ1) is 10.0. The van der Waals surface area contributed by atoms with Crippen molar-refractivity contribution in [1.82, 2.24) is 4.98 Å². The van der Waals surface area contributed by atoms with Crippen molar-refractivity contribution in [3.8, 4) is 11.3 Å². The van der Waals surface area contributed by atoms with E-state index < -0.39 is 5.24 Å². The number of carbonyl (C=O) groups is 1. The molecule has 0 saturated heterocycles. The van der Waals surface area contributed by atoms with Crippen LogP contribution in [0.3, 0.4) is 0 Å². The molecule has 0 amide bonds. The normalized spacial score (nSPS) is 10.8. The second-order valence-corrected chi connectivity index (χ2v) is 6.12. The van der Waals surface area contributed by atoms with Crippen molar-refractivity contribution in [2.45, 2.75) is 6.92 Å². The van der Waals surface area contributed by atoms with E-state index in [1.54, 1.807) is 6.07 Å². The van der Waals surface area contributed by atoms with Gasteiger partial charge in [-0.25, -0.2) is 4.98 Å². The Morgan fingerprint density at radius 1 is 1.14 bits per heavy atom. The summed E-state index contributed by atoms with van der Waals surface area (Å²) in [7, 11) is 0. The Bertz CT molecular complexity index is 861. The van der Waals surface area contributed by atoms with Crippen molar-refractivity contribution in [2.24, 2.45) is 0 Å². The lowest BCUT2D eigenvalue weighted by Crippen LogP contribution is -1.96. The number of benzene rings is 2. The van der Waals surface area contributed by atoms with Gasteiger partial charge in [0.05, 0.1) is 11.2 Å². The molecule has 0 spiro atoms. The molecule has 4 heteroatoms. The van der Waals surface area contributed by atoms with Crippen LogP contribution in [-0.2, 0) is 0 Å². The second-order valence-electron chi connectivity index (χ2n) is 4.86. The number of rotatable bonds is 2. The summed E-state index contributed by atoms with van der Waals surface area (Å²) in [5, 5.41) is 0.318. The SMILES string of the molecule is Cc1ccc2nc(-c3cccc(Br)c3)cc(C(=O)Cl)c2c1. The van der Waals surface area contributed by atoms with E-state index in [9.17, 15) is 4.79 Å². The first-order valence-electron chi connectivity index (χ1n) is 6.42. The highest BCUT2D eigenvalue weighted by Gasteiger charge is 2.12. The maximum atomic E-state index is 11.7. The van der Waals surface area contributed by atoms with Crippen molar-refractivity contribution < 1.29 is 4.79 Å². The lowest BCUT2D eigenvalue weighted by Gasteiger charge is -2.08. The number of pyridine rings is 1. The fraction of sp³-hybridized carbons (Fsp3) is 0.0588. The molecule has 0 fully saturated rings. The summed E-state index contributed by atoms with van der Waals surface area (Å²) in [6.45, 7) is 1.98. The van der Waals surface area contributed by atoms with Gasteiger partial charge in [0, 0.05) is 21.0 Å². The number of aryl methyl sites for hydroxylation is 1. The summed E-state index contributed by atoms with van der Waals surface area (Å²) in [5.41, 5.74) is 3.99. The van der Waals surface area contributed by atoms with Crippen molar-refractivity contribution in [3.63, 3.8) is 0 Å². The van der Waals surface area contributed by atoms with Crippen LogP contribution in [0.15, 0.2) is 53.0 Å². The van der Waals surface area contributed by atoms with E-state index in [-0.39, 0.29) is 0 Å². The molecule has 0 aliphatic carbocycles. The molecule has 2 nitrogen and oxygen atoms in total. The standard InChI is InChI=1S/C17H11BrClNO/c1-10-5-6-15-13(7-10)14(17(19)21)9-16(20-15)11-3-2-4-12(18)8-11/h2-9H,1H3. The number of hydrogen-bond donors (Lipinski definition) is 0. The number of fused-ring (bicyclic) bond motifs is 1. The van der Waals surface area contributed by atoms with Gasteiger partial charge in [-0.05, 0) is 48.9 Å². The zero-order valence-electron chi connectivity index (χ0n) is 11.2. The fourth-order valence-corrected chi connectivity index (χ4v) is 2.85. The molecule has 1 heterocycles. The number of nitrogens with zero attached hydrogens (tertiary/aromatic N) is 1. The molecule has 3 aromatic rings. The van der Waals surface area contributed by atoms with E-state index >= 15 is 0 Å². The Kier molecular flexibility index (Phi) is 3.79. The molecule has 0 radical (unpaired) electrons. The Labute approximate surface area is 135 Å². The third kappa shape index (κ3) is 2.85. The van der Waals surface area contributed by atoms with Gasteiger partial charge >= 0.3 is 0 Å². The molecular formula is C17H11BrClNO. The van der Waals surface area contributed by atoms with Crippen LogP contribution in [-0.4, -0.2) is 10.2 Å². The van der Waals surface area contributed by atoms with E-state index in [4.69, 9.17) is 11.6 Å². The molecule has 0 aliphatic rings. The Morgan fingerprint density at radius 3 is 2.67 bits per heavy atom. The predicted octanol–water partition coefficient (Wildman–Crippen LogP) is 5.35. The van der Waals surface area contributed by atoms with E-state index in [0.717, 1.165) is 32.2 Å². The Morgan fingerprint density at radius 2 is 1.95 bits per heavy atom. The minimum Gasteiger partial charge on any atom is -0.276 e. The third-order valence-electron chi connectivity index (χ3n) is 3.30. The molecule has 0 saturated carbocycles. The Hall–Kier alpha value is -1.71. The minimum absolute atomic E-state index is 0.468. The van der Waals surface area contributed by atoms with E-state index in [1.165, 1.54) is 0 Å². The lowest BCUT2D eigenvalue weighted by atomic mass is 10.0. The van der Waals surface area contributed by atoms with Crippen LogP contribution >= 0.6 is 27.5 Å². The van der Waals surface area contributed by atoms with Gasteiger partial charge in [0.2, 0.25) is 0 Å². The molecule has 0 unspecified atom stereocenters. The number of aromatic nitrogens is 1. The summed E-state index contributed by atoms with van der Waals surface area (Å²) in [6, 6.07) is 15.4. The molecule has 0 aliphatic heterocycles. The highest BCUT2D eigenvalue weighted by Crippen LogP contribution is 2.28. The van der Waals surface area contributed by atoms with Gasteiger partial charge in [0.25, 0.3) is 5.24 Å². The molecule has 3 rings (SSSR count). The van der Waals surface area contributed by atoms with Crippen LogP contribution in [0.4, 0.5) is 0 Å². The summed E-state index contributed by atoms with van der Waals surface area (Å²) in [4.78, 5) is 16.4. The number of hydrogen-bond acceptors (Lipinski definition) is 2. The van der Waals surface area contributed by atoms with Crippen molar-refractivity contribution >= 4 is 43.7 Å². The fourth-order valence-electron chi connectivity index (χ4n) is 2.30. The van der Waals surface area contributed by atoms with Crippen LogP contribution in [0.5, 0.6) is 0 Å². The third-order valence-corrected chi connectivity index (χ3v) is 3.99. The van der Waals surface area contributed by atoms with Crippen molar-refractivity contribution in [2.75, 3.05) is 0 Å². The van der Waals surface area contributed by atoms with Gasteiger partial charge in [0.1, 0.15) is 0 Å². The van der Waals surface area contributed by atoms with Gasteiger partial charge in [-0.15, -0.1) is 0 Å². The molecule has 1 aromatic heterocycles. The topological polar surface area (TPSA) is 30.0 Å². The maximum absolute atomic E-state index is 11.7. The molecule has 0 N–H and O–H groups in total. The smallest absolute Gasteiger partial charge is 0.253 e. The van der Waals surface area contributed by atoms with Crippen molar-refractivity contribution in [3.05, 3.63) is 64.1 Å². The average molecular weight is 361 g/mol. The minimum atomic E-state index is -0.468. The molecule has 2 aromatic carbocycles. The largest absolute Gasteiger partial charge is 0.276 e. The highest BCUT2D eigenvalue weighted by molar-refractivity contribution is 9.10. The summed E-state index contributed by atoms with van der Waals surface area (Å²) in [5.74, 6) is 0. The zero-order valence-corrected chi connectivity index (χ0v) is 13.6. The number of halogens is 2. The molecule has 0 atom stereocenters. The number of carbonyl (C=O) groups excluding carboxylic acids is 1. The van der Waals surface area contributed by atoms with E-state index in [1.807, 2.05) is 49.4 Å². The zero-order chi connectivity index (χ0) is 15.0. The monoisotopic (exact) mass is 359 g/mol. The second kappa shape index (κ2) is 5.58. The molecule has 0 bridgehead atoms. The summed E-state index contributed by atoms with van der Waals surface area (Å²) in [6.07, 6.45) is 0. The predicted molar refractivity (Wildman–Crippen MR) is 89.8 cm³/mol. The average Bonchev–Trinajstić information content (AvgIpc) is 2.46. The van der Waals surface area contributed by atoms with Crippen molar-refractivity contribution in [1.29, 1.82) is 0 Å². The maximum Gasteiger partial charge on any atom is 0.253 e. The van der Waals surface area contributed by atoms with Crippen LogP contribution in [0.1, 0.15) is 15.9 Å². The van der Waals surface area contributed by atoms with Crippen LogP contribution in [0, 0.1) is 6.92 Å². The van der Waals surface area contributed by atoms with Gasteiger partial charge in [-0.1, -0.05) is 39.7 Å².